The van der Waals surface area contributed by atoms with Crippen molar-refractivity contribution in [2.24, 2.45) is 0 Å². The third-order valence-electron chi connectivity index (χ3n) is 2.69. The highest BCUT2D eigenvalue weighted by Crippen LogP contribution is 2.23. The Morgan fingerprint density at radius 3 is 2.39 bits per heavy atom. The molecule has 0 amide bonds. The summed E-state index contributed by atoms with van der Waals surface area (Å²) in [4.78, 5) is 4.14. The van der Waals surface area contributed by atoms with E-state index in [1.165, 1.54) is 16.7 Å². The molecule has 0 radical (unpaired) electrons. The van der Waals surface area contributed by atoms with Crippen molar-refractivity contribution in [3.63, 3.8) is 0 Å². The molecule has 2 aromatic carbocycles. The molecule has 5 heteroatoms. The molecular formula is C13H9F2N3. The average Bonchev–Trinajstić information content (AvgIpc) is 2.63. The van der Waals surface area contributed by atoms with Crippen LogP contribution in [0.1, 0.15) is 0 Å². The number of fused-ring (bicyclic) bond motifs is 1. The van der Waals surface area contributed by atoms with Crippen LogP contribution < -0.4 is 5.73 Å². The van der Waals surface area contributed by atoms with Gasteiger partial charge in [-0.05, 0) is 24.3 Å². The molecule has 0 saturated carbocycles. The van der Waals surface area contributed by atoms with E-state index in [0.717, 1.165) is 6.07 Å². The van der Waals surface area contributed by atoms with Crippen LogP contribution in [0.5, 0.6) is 0 Å². The fourth-order valence-electron chi connectivity index (χ4n) is 1.98. The van der Waals surface area contributed by atoms with Crippen LogP contribution in [0, 0.1) is 11.6 Å². The Labute approximate surface area is 101 Å². The topological polar surface area (TPSA) is 43.8 Å². The van der Waals surface area contributed by atoms with Gasteiger partial charge < -0.3 is 5.73 Å². The summed E-state index contributed by atoms with van der Waals surface area (Å²) in [7, 11) is 0. The molecule has 2 N–H and O–H groups in total. The lowest BCUT2D eigenvalue weighted by molar-refractivity contribution is 0.582. The Morgan fingerprint density at radius 2 is 1.67 bits per heavy atom. The van der Waals surface area contributed by atoms with E-state index < -0.39 is 11.6 Å². The second-order valence-electron chi connectivity index (χ2n) is 3.92. The van der Waals surface area contributed by atoms with Crippen molar-refractivity contribution < 1.29 is 8.78 Å². The molecule has 0 saturated heterocycles. The first-order chi connectivity index (χ1) is 8.65. The van der Waals surface area contributed by atoms with Crippen molar-refractivity contribution in [3.05, 3.63) is 54.1 Å². The highest BCUT2D eigenvalue weighted by molar-refractivity contribution is 5.80. The maximum Gasteiger partial charge on any atom is 0.205 e. The van der Waals surface area contributed by atoms with Gasteiger partial charge in [-0.15, -0.1) is 0 Å². The molecule has 0 aliphatic heterocycles. The van der Waals surface area contributed by atoms with Crippen molar-refractivity contribution in [2.45, 2.75) is 0 Å². The molecule has 3 aromatic rings. The van der Waals surface area contributed by atoms with Gasteiger partial charge in [0.1, 0.15) is 11.6 Å². The minimum atomic E-state index is -0.651. The summed E-state index contributed by atoms with van der Waals surface area (Å²) in [6.45, 7) is 0. The monoisotopic (exact) mass is 245 g/mol. The molecule has 0 unspecified atom stereocenters. The second kappa shape index (κ2) is 3.80. The SMILES string of the molecule is Nc1nc2ccccc2n1-c1cc(F)cc(F)c1. The van der Waals surface area contributed by atoms with Crippen molar-refractivity contribution in [3.8, 4) is 5.69 Å². The van der Waals surface area contributed by atoms with Gasteiger partial charge in [0.2, 0.25) is 5.95 Å². The minimum absolute atomic E-state index is 0.196. The van der Waals surface area contributed by atoms with Gasteiger partial charge in [-0.2, -0.15) is 0 Å². The highest BCUT2D eigenvalue weighted by atomic mass is 19.1. The largest absolute Gasteiger partial charge is 0.369 e. The van der Waals surface area contributed by atoms with Gasteiger partial charge in [0, 0.05) is 6.07 Å². The number of rotatable bonds is 1. The summed E-state index contributed by atoms with van der Waals surface area (Å²) in [6.07, 6.45) is 0. The van der Waals surface area contributed by atoms with Crippen LogP contribution in [0.25, 0.3) is 16.7 Å². The van der Waals surface area contributed by atoms with Gasteiger partial charge in [-0.3, -0.25) is 4.57 Å². The van der Waals surface area contributed by atoms with E-state index >= 15 is 0 Å². The van der Waals surface area contributed by atoms with E-state index in [0.29, 0.717) is 16.7 Å². The lowest BCUT2D eigenvalue weighted by Gasteiger charge is -2.06. The van der Waals surface area contributed by atoms with Crippen LogP contribution >= 0.6 is 0 Å². The number of benzene rings is 2. The molecular weight excluding hydrogens is 236 g/mol. The fraction of sp³-hybridized carbons (Fsp3) is 0. The van der Waals surface area contributed by atoms with E-state index in [-0.39, 0.29) is 5.95 Å². The quantitative estimate of drug-likeness (QED) is 0.716. The van der Waals surface area contributed by atoms with Crippen molar-refractivity contribution >= 4 is 17.0 Å². The second-order valence-corrected chi connectivity index (χ2v) is 3.92. The number of halogens is 2. The summed E-state index contributed by atoms with van der Waals surface area (Å²) in [5.74, 6) is -1.11. The Kier molecular flexibility index (Phi) is 2.26. The number of nitrogens with two attached hydrogens (primary N) is 1. The van der Waals surface area contributed by atoms with Gasteiger partial charge >= 0.3 is 0 Å². The first-order valence-corrected chi connectivity index (χ1v) is 5.34. The molecule has 0 spiro atoms. The summed E-state index contributed by atoms with van der Waals surface area (Å²) >= 11 is 0. The molecule has 1 aromatic heterocycles. The Hall–Kier alpha value is -2.43. The standard InChI is InChI=1S/C13H9F2N3/c14-8-5-9(15)7-10(6-8)18-12-4-2-1-3-11(12)17-13(18)16/h1-7H,(H2,16,17). The number of anilines is 1. The van der Waals surface area contributed by atoms with Gasteiger partial charge in [-0.25, -0.2) is 13.8 Å². The van der Waals surface area contributed by atoms with Crippen LogP contribution in [-0.4, -0.2) is 9.55 Å². The molecule has 0 atom stereocenters. The van der Waals surface area contributed by atoms with Crippen LogP contribution in [0.2, 0.25) is 0 Å². The fourth-order valence-corrected chi connectivity index (χ4v) is 1.98. The number of nitrogen functional groups attached to an aromatic ring is 1. The molecule has 1 heterocycles. The highest BCUT2D eigenvalue weighted by Gasteiger charge is 2.11. The van der Waals surface area contributed by atoms with E-state index in [9.17, 15) is 8.78 Å². The molecule has 0 aliphatic carbocycles. The van der Waals surface area contributed by atoms with Crippen LogP contribution in [-0.2, 0) is 0 Å². The third-order valence-corrected chi connectivity index (χ3v) is 2.69. The van der Waals surface area contributed by atoms with Crippen molar-refractivity contribution in [1.29, 1.82) is 0 Å². The van der Waals surface area contributed by atoms with E-state index in [4.69, 9.17) is 5.73 Å². The summed E-state index contributed by atoms with van der Waals surface area (Å²) in [6, 6.07) is 10.5. The normalized spacial score (nSPS) is 11.0. The number of aromatic nitrogens is 2. The van der Waals surface area contributed by atoms with Crippen LogP contribution in [0.15, 0.2) is 42.5 Å². The number of nitrogens with zero attached hydrogens (tertiary/aromatic N) is 2. The summed E-state index contributed by atoms with van der Waals surface area (Å²) in [5.41, 5.74) is 7.50. The molecule has 90 valence electrons. The number of para-hydroxylation sites is 2. The van der Waals surface area contributed by atoms with Gasteiger partial charge in [-0.1, -0.05) is 12.1 Å². The average molecular weight is 245 g/mol. The van der Waals surface area contributed by atoms with Gasteiger partial charge in [0.05, 0.1) is 16.7 Å². The summed E-state index contributed by atoms with van der Waals surface area (Å²) in [5, 5.41) is 0. The van der Waals surface area contributed by atoms with E-state index in [2.05, 4.69) is 4.98 Å². The maximum atomic E-state index is 13.2. The first kappa shape index (κ1) is 10.7. The molecule has 3 nitrogen and oxygen atoms in total. The lowest BCUT2D eigenvalue weighted by atomic mass is 10.2. The van der Waals surface area contributed by atoms with Crippen LogP contribution in [0.3, 0.4) is 0 Å². The number of imidazole rings is 1. The van der Waals surface area contributed by atoms with Crippen molar-refractivity contribution in [2.75, 3.05) is 5.73 Å². The first-order valence-electron chi connectivity index (χ1n) is 5.34. The Balaban J connectivity index is 2.34. The smallest absolute Gasteiger partial charge is 0.205 e. The Morgan fingerprint density at radius 1 is 1.00 bits per heavy atom. The molecule has 3 rings (SSSR count). The number of hydrogen-bond donors (Lipinski definition) is 1. The zero-order valence-corrected chi connectivity index (χ0v) is 9.27. The zero-order valence-electron chi connectivity index (χ0n) is 9.27. The minimum Gasteiger partial charge on any atom is -0.369 e. The maximum absolute atomic E-state index is 13.2. The van der Waals surface area contributed by atoms with Crippen molar-refractivity contribution in [1.82, 2.24) is 9.55 Å². The van der Waals surface area contributed by atoms with Crippen LogP contribution in [0.4, 0.5) is 14.7 Å². The molecule has 0 aliphatic rings. The predicted molar refractivity (Wildman–Crippen MR) is 65.4 cm³/mol. The molecule has 0 fully saturated rings. The zero-order chi connectivity index (χ0) is 12.7. The molecule has 0 bridgehead atoms. The summed E-state index contributed by atoms with van der Waals surface area (Å²) < 4.78 is 28.0. The molecule has 18 heavy (non-hydrogen) atoms. The third kappa shape index (κ3) is 1.60. The van der Waals surface area contributed by atoms with E-state index in [1.807, 2.05) is 12.1 Å². The van der Waals surface area contributed by atoms with E-state index in [1.54, 1.807) is 12.1 Å². The van der Waals surface area contributed by atoms with Gasteiger partial charge in [0.15, 0.2) is 0 Å². The lowest BCUT2D eigenvalue weighted by Crippen LogP contribution is -2.01. The Bertz CT molecular complexity index is 714. The van der Waals surface area contributed by atoms with Gasteiger partial charge in [0.25, 0.3) is 0 Å². The predicted octanol–water partition coefficient (Wildman–Crippen LogP) is 2.89. The number of hydrogen-bond acceptors (Lipinski definition) is 2.